The Bertz CT molecular complexity index is 571. The first-order valence-electron chi connectivity index (χ1n) is 6.52. The smallest absolute Gasteiger partial charge is 0.142 e. The Morgan fingerprint density at radius 1 is 1.30 bits per heavy atom. The van der Waals surface area contributed by atoms with Crippen molar-refractivity contribution in [3.05, 3.63) is 55.9 Å². The normalized spacial score (nSPS) is 12.6. The van der Waals surface area contributed by atoms with E-state index < -0.39 is 0 Å². The van der Waals surface area contributed by atoms with E-state index in [1.165, 1.54) is 6.07 Å². The largest absolute Gasteiger partial charge is 0.309 e. The molecule has 0 spiro atoms. The Morgan fingerprint density at radius 2 is 2.10 bits per heavy atom. The van der Waals surface area contributed by atoms with E-state index in [2.05, 4.69) is 12.2 Å². The zero-order valence-electron chi connectivity index (χ0n) is 11.1. The zero-order chi connectivity index (χ0) is 14.5. The van der Waals surface area contributed by atoms with E-state index in [0.29, 0.717) is 6.42 Å². The molecule has 0 saturated carbocycles. The lowest BCUT2D eigenvalue weighted by Crippen LogP contribution is -2.23. The lowest BCUT2D eigenvalue weighted by Gasteiger charge is -2.18. The molecule has 0 amide bonds. The molecule has 20 heavy (non-hydrogen) atoms. The van der Waals surface area contributed by atoms with Crippen LogP contribution in [-0.4, -0.2) is 6.54 Å². The predicted octanol–water partition coefficient (Wildman–Crippen LogP) is 5.48. The summed E-state index contributed by atoms with van der Waals surface area (Å²) < 4.78 is 13.5. The Morgan fingerprint density at radius 3 is 2.75 bits per heavy atom. The van der Waals surface area contributed by atoms with Crippen LogP contribution in [0.2, 0.25) is 10.0 Å². The number of nitrogens with one attached hydrogen (secondary N) is 1. The molecule has 0 aliphatic rings. The van der Waals surface area contributed by atoms with Crippen molar-refractivity contribution in [2.75, 3.05) is 6.54 Å². The molecule has 1 aromatic heterocycles. The summed E-state index contributed by atoms with van der Waals surface area (Å²) in [5.74, 6) is -0.379. The Balaban J connectivity index is 2.24. The maximum atomic E-state index is 13.5. The number of halogens is 3. The molecule has 0 aliphatic carbocycles. The van der Waals surface area contributed by atoms with Gasteiger partial charge in [0.05, 0.1) is 10.0 Å². The first-order valence-corrected chi connectivity index (χ1v) is 8.16. The number of thiophene rings is 1. The van der Waals surface area contributed by atoms with Gasteiger partial charge in [-0.25, -0.2) is 4.39 Å². The highest BCUT2D eigenvalue weighted by Gasteiger charge is 2.18. The first-order chi connectivity index (χ1) is 9.63. The SMILES string of the molecule is CCCNC(Cc1cccc(F)c1Cl)c1sccc1Cl. The minimum Gasteiger partial charge on any atom is -0.309 e. The molecule has 1 unspecified atom stereocenters. The highest BCUT2D eigenvalue weighted by molar-refractivity contribution is 7.10. The van der Waals surface area contributed by atoms with Gasteiger partial charge in [-0.15, -0.1) is 11.3 Å². The molecule has 5 heteroatoms. The second kappa shape index (κ2) is 7.41. The Hall–Kier alpha value is -0.610. The highest BCUT2D eigenvalue weighted by atomic mass is 35.5. The van der Waals surface area contributed by atoms with Crippen molar-refractivity contribution < 1.29 is 4.39 Å². The van der Waals surface area contributed by atoms with Gasteiger partial charge in [0.25, 0.3) is 0 Å². The predicted molar refractivity (Wildman–Crippen MR) is 85.5 cm³/mol. The average molecular weight is 332 g/mol. The Labute approximate surface area is 132 Å². The standard InChI is InChI=1S/C15H16Cl2FNS/c1-2-7-19-13(15-11(16)6-8-20-15)9-10-4-3-5-12(18)14(10)17/h3-6,8,13,19H,2,7,9H2,1H3. The summed E-state index contributed by atoms with van der Waals surface area (Å²) in [5.41, 5.74) is 0.796. The number of rotatable bonds is 6. The summed E-state index contributed by atoms with van der Waals surface area (Å²) >= 11 is 13.9. The Kier molecular flexibility index (Phi) is 5.85. The molecule has 0 aliphatic heterocycles. The maximum Gasteiger partial charge on any atom is 0.142 e. The summed E-state index contributed by atoms with van der Waals surface area (Å²) in [6.07, 6.45) is 1.65. The minimum absolute atomic E-state index is 0.0572. The first kappa shape index (κ1) is 15.8. The quantitative estimate of drug-likeness (QED) is 0.739. The van der Waals surface area contributed by atoms with Crippen molar-refractivity contribution in [1.29, 1.82) is 0 Å². The third-order valence-electron chi connectivity index (χ3n) is 3.06. The number of benzene rings is 1. The van der Waals surface area contributed by atoms with Crippen molar-refractivity contribution in [2.24, 2.45) is 0 Å². The van der Waals surface area contributed by atoms with Gasteiger partial charge in [0.2, 0.25) is 0 Å². The van der Waals surface area contributed by atoms with Crippen molar-refractivity contribution in [3.63, 3.8) is 0 Å². The molecule has 2 aromatic rings. The van der Waals surface area contributed by atoms with Crippen LogP contribution in [0, 0.1) is 5.82 Å². The molecular formula is C15H16Cl2FNS. The molecule has 1 heterocycles. The van der Waals surface area contributed by atoms with Crippen molar-refractivity contribution in [2.45, 2.75) is 25.8 Å². The molecule has 0 radical (unpaired) electrons. The van der Waals surface area contributed by atoms with Crippen LogP contribution in [-0.2, 0) is 6.42 Å². The molecule has 0 bridgehead atoms. The molecule has 1 atom stereocenters. The van der Waals surface area contributed by atoms with Crippen molar-refractivity contribution in [1.82, 2.24) is 5.32 Å². The molecule has 0 saturated heterocycles. The third kappa shape index (κ3) is 3.73. The van der Waals surface area contributed by atoms with Crippen LogP contribution in [0.1, 0.15) is 29.8 Å². The third-order valence-corrected chi connectivity index (χ3v) is 4.95. The van der Waals surface area contributed by atoms with Crippen LogP contribution >= 0.6 is 34.5 Å². The van der Waals surface area contributed by atoms with Crippen molar-refractivity contribution in [3.8, 4) is 0 Å². The van der Waals surface area contributed by atoms with E-state index in [1.807, 2.05) is 17.5 Å². The van der Waals surface area contributed by atoms with Crippen LogP contribution < -0.4 is 5.32 Å². The summed E-state index contributed by atoms with van der Waals surface area (Å²) in [6, 6.07) is 6.85. The van der Waals surface area contributed by atoms with Crippen LogP contribution in [0.15, 0.2) is 29.6 Å². The van der Waals surface area contributed by atoms with Gasteiger partial charge in [-0.05, 0) is 42.5 Å². The summed E-state index contributed by atoms with van der Waals surface area (Å²) in [6.45, 7) is 2.99. The number of hydrogen-bond acceptors (Lipinski definition) is 2. The second-order valence-corrected chi connectivity index (χ2v) is 6.29. The van der Waals surface area contributed by atoms with Gasteiger partial charge in [0, 0.05) is 10.9 Å². The van der Waals surface area contributed by atoms with Gasteiger partial charge in [0.1, 0.15) is 5.82 Å². The molecule has 108 valence electrons. The van der Waals surface area contributed by atoms with E-state index in [-0.39, 0.29) is 16.9 Å². The van der Waals surface area contributed by atoms with Gasteiger partial charge in [-0.3, -0.25) is 0 Å². The lowest BCUT2D eigenvalue weighted by atomic mass is 10.0. The monoisotopic (exact) mass is 331 g/mol. The minimum atomic E-state index is -0.379. The second-order valence-electron chi connectivity index (χ2n) is 4.56. The van der Waals surface area contributed by atoms with E-state index in [0.717, 1.165) is 28.4 Å². The molecular weight excluding hydrogens is 316 g/mol. The summed E-state index contributed by atoms with van der Waals surface area (Å²) in [5, 5.41) is 6.36. The molecule has 1 nitrogen and oxygen atoms in total. The highest BCUT2D eigenvalue weighted by Crippen LogP contribution is 2.32. The molecule has 0 fully saturated rings. The summed E-state index contributed by atoms with van der Waals surface area (Å²) in [7, 11) is 0. The van der Waals surface area contributed by atoms with Gasteiger partial charge in [-0.2, -0.15) is 0 Å². The average Bonchev–Trinajstić information content (AvgIpc) is 2.85. The van der Waals surface area contributed by atoms with E-state index in [1.54, 1.807) is 17.4 Å². The fourth-order valence-electron chi connectivity index (χ4n) is 2.06. The van der Waals surface area contributed by atoms with E-state index >= 15 is 0 Å². The van der Waals surface area contributed by atoms with Crippen molar-refractivity contribution >= 4 is 34.5 Å². The van der Waals surface area contributed by atoms with Gasteiger partial charge in [-0.1, -0.05) is 42.3 Å². The van der Waals surface area contributed by atoms with Crippen LogP contribution in [0.3, 0.4) is 0 Å². The fourth-order valence-corrected chi connectivity index (χ4v) is 3.52. The number of hydrogen-bond donors (Lipinski definition) is 1. The molecule has 1 aromatic carbocycles. The van der Waals surface area contributed by atoms with E-state index in [4.69, 9.17) is 23.2 Å². The van der Waals surface area contributed by atoms with Gasteiger partial charge >= 0.3 is 0 Å². The zero-order valence-corrected chi connectivity index (χ0v) is 13.5. The van der Waals surface area contributed by atoms with Gasteiger partial charge in [0.15, 0.2) is 0 Å². The molecule has 1 N–H and O–H groups in total. The topological polar surface area (TPSA) is 12.0 Å². The van der Waals surface area contributed by atoms with E-state index in [9.17, 15) is 4.39 Å². The van der Waals surface area contributed by atoms with Crippen LogP contribution in [0.4, 0.5) is 4.39 Å². The van der Waals surface area contributed by atoms with Crippen LogP contribution in [0.25, 0.3) is 0 Å². The summed E-state index contributed by atoms with van der Waals surface area (Å²) in [4.78, 5) is 1.07. The maximum absolute atomic E-state index is 13.5. The fraction of sp³-hybridized carbons (Fsp3) is 0.333. The molecule has 2 rings (SSSR count). The van der Waals surface area contributed by atoms with Crippen LogP contribution in [0.5, 0.6) is 0 Å². The lowest BCUT2D eigenvalue weighted by molar-refractivity contribution is 0.534. The van der Waals surface area contributed by atoms with Gasteiger partial charge < -0.3 is 5.32 Å².